The predicted molar refractivity (Wildman–Crippen MR) is 144 cm³/mol. The number of rotatable bonds is 13. The lowest BCUT2D eigenvalue weighted by Crippen LogP contribution is -2.33. The summed E-state index contributed by atoms with van der Waals surface area (Å²) in [5.74, 6) is 1.31. The lowest BCUT2D eigenvalue weighted by atomic mass is 10.2. The second kappa shape index (κ2) is 11.5. The summed E-state index contributed by atoms with van der Waals surface area (Å²) in [5.41, 5.74) is 1.13. The molecule has 0 radical (unpaired) electrons. The zero-order valence-corrected chi connectivity index (χ0v) is 23.8. The molecule has 1 fully saturated rings. The van der Waals surface area contributed by atoms with Gasteiger partial charge in [0.25, 0.3) is 0 Å². The van der Waals surface area contributed by atoms with Crippen LogP contribution in [0.1, 0.15) is 37.9 Å². The minimum atomic E-state index is -3.83. The first-order valence-corrected chi connectivity index (χ1v) is 15.7. The Hall–Kier alpha value is -2.89. The molecule has 0 spiro atoms. The van der Waals surface area contributed by atoms with E-state index in [1.807, 2.05) is 13.8 Å². The number of hydrogen-bond donors (Lipinski definition) is 0. The summed E-state index contributed by atoms with van der Waals surface area (Å²) in [6, 6.07) is 13.2. The van der Waals surface area contributed by atoms with Crippen molar-refractivity contribution in [3.8, 4) is 11.5 Å². The molecule has 0 atom stereocenters. The highest BCUT2D eigenvalue weighted by Crippen LogP contribution is 2.33. The first kappa shape index (κ1) is 28.1. The van der Waals surface area contributed by atoms with Gasteiger partial charge in [-0.15, -0.1) is 0 Å². The number of methoxy groups -OCH3 is 2. The summed E-state index contributed by atoms with van der Waals surface area (Å²) in [4.78, 5) is 4.48. The fraction of sp³-hybridized carbons (Fsp3) is 0.444. The van der Waals surface area contributed by atoms with E-state index in [4.69, 9.17) is 9.47 Å². The first-order valence-electron chi connectivity index (χ1n) is 12.6. The fourth-order valence-corrected chi connectivity index (χ4v) is 7.26. The Bertz CT molecular complexity index is 1460. The molecule has 0 aliphatic heterocycles. The van der Waals surface area contributed by atoms with E-state index >= 15 is 0 Å². The molecule has 1 saturated carbocycles. The molecule has 1 heterocycles. The van der Waals surface area contributed by atoms with E-state index in [0.717, 1.165) is 12.8 Å². The zero-order valence-electron chi connectivity index (χ0n) is 22.2. The molecule has 4 rings (SSSR count). The number of aromatic nitrogens is 2. The second-order valence-corrected chi connectivity index (χ2v) is 13.9. The average molecular weight is 562 g/mol. The molecule has 206 valence electrons. The Morgan fingerprint density at radius 2 is 1.68 bits per heavy atom. The molecule has 0 N–H and O–H groups in total. The maximum Gasteiger partial charge on any atom is 0.243 e. The first-order chi connectivity index (χ1) is 18.0. The molecule has 1 aromatic heterocycles. The smallest absolute Gasteiger partial charge is 0.243 e. The van der Waals surface area contributed by atoms with E-state index in [0.29, 0.717) is 41.8 Å². The zero-order chi connectivity index (χ0) is 27.5. The fourth-order valence-electron chi connectivity index (χ4n) is 4.29. The van der Waals surface area contributed by atoms with Crippen molar-refractivity contribution >= 4 is 19.9 Å². The van der Waals surface area contributed by atoms with Crippen molar-refractivity contribution in [2.75, 3.05) is 20.8 Å². The van der Waals surface area contributed by atoms with Crippen LogP contribution in [0.15, 0.2) is 64.8 Å². The van der Waals surface area contributed by atoms with Crippen LogP contribution >= 0.6 is 0 Å². The Kier molecular flexibility index (Phi) is 8.49. The second-order valence-electron chi connectivity index (χ2n) is 10.1. The van der Waals surface area contributed by atoms with E-state index in [1.54, 1.807) is 41.0 Å². The number of ether oxygens (including phenoxy) is 2. The molecule has 1 aliphatic carbocycles. The van der Waals surface area contributed by atoms with Crippen LogP contribution in [0, 0.1) is 11.8 Å². The van der Waals surface area contributed by atoms with Crippen LogP contribution in [0.3, 0.4) is 0 Å². The average Bonchev–Trinajstić information content (AvgIpc) is 3.62. The summed E-state index contributed by atoms with van der Waals surface area (Å²) < 4.78 is 67.8. The van der Waals surface area contributed by atoms with Gasteiger partial charge in [-0.1, -0.05) is 26.0 Å². The molecule has 38 heavy (non-hydrogen) atoms. The SMILES string of the molecule is COc1ccc(S(=O)(=O)N(Cc2cnc(S(=O)(=O)Cc3cccc(OC)c3)n2CC(C)C)CC2CC2)cc1. The van der Waals surface area contributed by atoms with Crippen LogP contribution in [0.2, 0.25) is 0 Å². The van der Waals surface area contributed by atoms with Gasteiger partial charge in [0.05, 0.1) is 43.3 Å². The number of sulfonamides is 1. The normalized spacial score (nSPS) is 14.3. The van der Waals surface area contributed by atoms with Crippen LogP contribution in [-0.4, -0.2) is 51.5 Å². The van der Waals surface area contributed by atoms with Gasteiger partial charge in [-0.05, 0) is 66.6 Å². The largest absolute Gasteiger partial charge is 0.497 e. The third-order valence-electron chi connectivity index (χ3n) is 6.41. The molecule has 1 aliphatic rings. The third kappa shape index (κ3) is 6.57. The van der Waals surface area contributed by atoms with Crippen molar-refractivity contribution in [2.45, 2.75) is 55.6 Å². The Morgan fingerprint density at radius 3 is 2.29 bits per heavy atom. The van der Waals surface area contributed by atoms with Crippen molar-refractivity contribution in [3.63, 3.8) is 0 Å². The molecule has 0 saturated heterocycles. The van der Waals surface area contributed by atoms with Gasteiger partial charge in [-0.2, -0.15) is 4.31 Å². The van der Waals surface area contributed by atoms with Gasteiger partial charge >= 0.3 is 0 Å². The minimum Gasteiger partial charge on any atom is -0.497 e. The summed E-state index contributed by atoms with van der Waals surface area (Å²) in [6.45, 7) is 4.75. The van der Waals surface area contributed by atoms with Crippen LogP contribution in [0.25, 0.3) is 0 Å². The maximum atomic E-state index is 13.7. The van der Waals surface area contributed by atoms with Gasteiger partial charge in [0.2, 0.25) is 25.0 Å². The van der Waals surface area contributed by atoms with Gasteiger partial charge in [-0.3, -0.25) is 0 Å². The van der Waals surface area contributed by atoms with Gasteiger partial charge < -0.3 is 14.0 Å². The number of benzene rings is 2. The summed E-state index contributed by atoms with van der Waals surface area (Å²) in [7, 11) is -4.60. The van der Waals surface area contributed by atoms with Gasteiger partial charge in [0.1, 0.15) is 11.5 Å². The highest BCUT2D eigenvalue weighted by molar-refractivity contribution is 7.90. The molecular formula is C27H35N3O6S2. The highest BCUT2D eigenvalue weighted by Gasteiger charge is 2.34. The molecule has 2 aromatic carbocycles. The van der Waals surface area contributed by atoms with Crippen molar-refractivity contribution in [3.05, 3.63) is 66.0 Å². The highest BCUT2D eigenvalue weighted by atomic mass is 32.2. The number of sulfone groups is 1. The lowest BCUT2D eigenvalue weighted by Gasteiger charge is -2.23. The maximum absolute atomic E-state index is 13.7. The minimum absolute atomic E-state index is 0.0270. The summed E-state index contributed by atoms with van der Waals surface area (Å²) in [6.07, 6.45) is 3.43. The molecule has 3 aromatic rings. The number of hydrogen-bond acceptors (Lipinski definition) is 7. The molecule has 9 nitrogen and oxygen atoms in total. The number of imidazole rings is 1. The van der Waals surface area contributed by atoms with Crippen LogP contribution < -0.4 is 9.47 Å². The van der Waals surface area contributed by atoms with Crippen molar-refractivity contribution < 1.29 is 26.3 Å². The van der Waals surface area contributed by atoms with Crippen LogP contribution in [0.5, 0.6) is 11.5 Å². The number of nitrogens with zero attached hydrogens (tertiary/aromatic N) is 3. The van der Waals surface area contributed by atoms with Crippen LogP contribution in [-0.2, 0) is 38.7 Å². The Labute approximate surface area is 225 Å². The van der Waals surface area contributed by atoms with E-state index < -0.39 is 19.9 Å². The molecule has 0 bridgehead atoms. The van der Waals surface area contributed by atoms with Gasteiger partial charge in [-0.25, -0.2) is 21.8 Å². The predicted octanol–water partition coefficient (Wildman–Crippen LogP) is 4.13. The molecular weight excluding hydrogens is 526 g/mol. The van der Waals surface area contributed by atoms with Gasteiger partial charge in [0.15, 0.2) is 0 Å². The monoisotopic (exact) mass is 561 g/mol. The Balaban J connectivity index is 1.68. The third-order valence-corrected chi connectivity index (χ3v) is 9.83. The topological polar surface area (TPSA) is 108 Å². The van der Waals surface area contributed by atoms with Crippen molar-refractivity contribution in [1.82, 2.24) is 13.9 Å². The molecule has 11 heteroatoms. The van der Waals surface area contributed by atoms with E-state index in [9.17, 15) is 16.8 Å². The lowest BCUT2D eigenvalue weighted by molar-refractivity contribution is 0.371. The van der Waals surface area contributed by atoms with Crippen molar-refractivity contribution in [2.24, 2.45) is 11.8 Å². The molecule has 0 amide bonds. The Morgan fingerprint density at radius 1 is 1.00 bits per heavy atom. The summed E-state index contributed by atoms with van der Waals surface area (Å²) >= 11 is 0. The quantitative estimate of drug-likeness (QED) is 0.309. The van der Waals surface area contributed by atoms with E-state index in [1.165, 1.54) is 36.9 Å². The van der Waals surface area contributed by atoms with Gasteiger partial charge in [0, 0.05) is 13.1 Å². The van der Waals surface area contributed by atoms with E-state index in [2.05, 4.69) is 4.98 Å². The summed E-state index contributed by atoms with van der Waals surface area (Å²) in [5, 5.41) is -0.0581. The van der Waals surface area contributed by atoms with Crippen LogP contribution in [0.4, 0.5) is 0 Å². The van der Waals surface area contributed by atoms with Crippen molar-refractivity contribution in [1.29, 1.82) is 0 Å². The standard InChI is InChI=1S/C27H35N3O6S2/c1-20(2)16-30-23(15-28-27(30)37(31,32)19-22-6-5-7-25(14-22)36-4)18-29(17-21-8-9-21)38(33,34)26-12-10-24(35-3)11-13-26/h5-7,10-15,20-21H,8-9,16-19H2,1-4H3. The molecule has 0 unspecified atom stereocenters. The van der Waals surface area contributed by atoms with E-state index in [-0.39, 0.29) is 28.3 Å².